The van der Waals surface area contributed by atoms with Crippen molar-refractivity contribution in [3.63, 3.8) is 0 Å². The van der Waals surface area contributed by atoms with Crippen molar-refractivity contribution in [1.82, 2.24) is 19.9 Å². The maximum atomic E-state index is 12.8. The Kier molecular flexibility index (Phi) is 4.07. The van der Waals surface area contributed by atoms with Crippen LogP contribution in [0.1, 0.15) is 31.1 Å². The van der Waals surface area contributed by atoms with Crippen LogP contribution in [-0.2, 0) is 0 Å². The lowest BCUT2D eigenvalue weighted by molar-refractivity contribution is -0.384. The number of aromatic nitrogens is 3. The number of amides is 1. The summed E-state index contributed by atoms with van der Waals surface area (Å²) in [5.41, 5.74) is 7.50. The maximum Gasteiger partial charge on any atom is 0.269 e. The van der Waals surface area contributed by atoms with Crippen LogP contribution in [-0.4, -0.2) is 31.0 Å². The van der Waals surface area contributed by atoms with E-state index < -0.39 is 10.5 Å². The Morgan fingerprint density at radius 2 is 1.92 bits per heavy atom. The molecule has 1 amide bonds. The van der Waals surface area contributed by atoms with Gasteiger partial charge < -0.3 is 11.1 Å². The molecule has 0 aliphatic heterocycles. The van der Waals surface area contributed by atoms with Crippen molar-refractivity contribution in [1.29, 1.82) is 0 Å². The topological polar surface area (TPSA) is 128 Å². The molecule has 0 spiro atoms. The van der Waals surface area contributed by atoms with Gasteiger partial charge in [-0.25, -0.2) is 9.50 Å². The second-order valence-corrected chi connectivity index (χ2v) is 6.86. The average molecular weight is 354 g/mol. The number of hydrogen-bond donors (Lipinski definition) is 2. The Morgan fingerprint density at radius 3 is 2.50 bits per heavy atom. The van der Waals surface area contributed by atoms with Gasteiger partial charge in [0.1, 0.15) is 11.8 Å². The van der Waals surface area contributed by atoms with Crippen molar-refractivity contribution < 1.29 is 9.72 Å². The third kappa shape index (κ3) is 3.18. The van der Waals surface area contributed by atoms with Crippen LogP contribution >= 0.6 is 0 Å². The van der Waals surface area contributed by atoms with E-state index in [-0.39, 0.29) is 17.4 Å². The number of non-ortho nitro benzene ring substituents is 1. The summed E-state index contributed by atoms with van der Waals surface area (Å²) >= 11 is 0. The summed E-state index contributed by atoms with van der Waals surface area (Å²) in [5.74, 6) is -0.0843. The van der Waals surface area contributed by atoms with Gasteiger partial charge in [0.15, 0.2) is 5.82 Å². The molecule has 0 saturated carbocycles. The SMILES string of the molecule is CC(C)(C)NC(=O)c1cn2ncnc(N)c2c1-c1ccc([N+](=O)[O-])cc1. The van der Waals surface area contributed by atoms with E-state index in [0.717, 1.165) is 0 Å². The lowest BCUT2D eigenvalue weighted by Gasteiger charge is -2.20. The van der Waals surface area contributed by atoms with Gasteiger partial charge in [0.05, 0.1) is 10.5 Å². The van der Waals surface area contributed by atoms with E-state index in [1.54, 1.807) is 18.3 Å². The molecule has 9 heteroatoms. The zero-order chi connectivity index (χ0) is 19.1. The molecule has 9 nitrogen and oxygen atoms in total. The van der Waals surface area contributed by atoms with E-state index in [2.05, 4.69) is 15.4 Å². The third-order valence-corrected chi connectivity index (χ3v) is 3.70. The van der Waals surface area contributed by atoms with Crippen LogP contribution < -0.4 is 11.1 Å². The van der Waals surface area contributed by atoms with Crippen LogP contribution in [0.25, 0.3) is 16.6 Å². The third-order valence-electron chi connectivity index (χ3n) is 3.70. The first-order chi connectivity index (χ1) is 12.2. The molecule has 3 N–H and O–H groups in total. The van der Waals surface area contributed by atoms with Gasteiger partial charge in [0, 0.05) is 29.4 Å². The quantitative estimate of drug-likeness (QED) is 0.549. The fraction of sp³-hybridized carbons (Fsp3) is 0.235. The summed E-state index contributed by atoms with van der Waals surface area (Å²) in [6.45, 7) is 5.63. The van der Waals surface area contributed by atoms with Crippen molar-refractivity contribution in [2.75, 3.05) is 5.73 Å². The number of fused-ring (bicyclic) bond motifs is 1. The average Bonchev–Trinajstić information content (AvgIpc) is 2.94. The minimum atomic E-state index is -0.480. The highest BCUT2D eigenvalue weighted by Crippen LogP contribution is 2.33. The second-order valence-electron chi connectivity index (χ2n) is 6.86. The minimum absolute atomic E-state index is 0.0396. The van der Waals surface area contributed by atoms with Gasteiger partial charge in [-0.2, -0.15) is 5.10 Å². The molecule has 0 atom stereocenters. The van der Waals surface area contributed by atoms with Gasteiger partial charge >= 0.3 is 0 Å². The standard InChI is InChI=1S/C17H18N6O3/c1-17(2,3)21-16(24)12-8-22-14(15(18)19-9-20-22)13(12)10-4-6-11(7-5-10)23(25)26/h4-9H,1-3H3,(H,21,24)(H2,18,19,20). The Morgan fingerprint density at radius 1 is 1.27 bits per heavy atom. The molecule has 0 aliphatic rings. The minimum Gasteiger partial charge on any atom is -0.382 e. The molecule has 0 aliphatic carbocycles. The monoisotopic (exact) mass is 354 g/mol. The van der Waals surface area contributed by atoms with E-state index in [4.69, 9.17) is 5.73 Å². The van der Waals surface area contributed by atoms with Crippen LogP contribution in [0.4, 0.5) is 11.5 Å². The molecule has 2 aromatic heterocycles. The van der Waals surface area contributed by atoms with E-state index in [0.29, 0.717) is 22.2 Å². The van der Waals surface area contributed by atoms with E-state index in [1.165, 1.54) is 23.0 Å². The molecule has 2 heterocycles. The summed E-state index contributed by atoms with van der Waals surface area (Å²) in [5, 5.41) is 17.9. The fourth-order valence-corrected chi connectivity index (χ4v) is 2.66. The lowest BCUT2D eigenvalue weighted by atomic mass is 10.0. The van der Waals surface area contributed by atoms with Crippen LogP contribution in [0.5, 0.6) is 0 Å². The number of carbonyl (C=O) groups is 1. The van der Waals surface area contributed by atoms with Crippen molar-refractivity contribution in [3.05, 3.63) is 52.5 Å². The highest BCUT2D eigenvalue weighted by atomic mass is 16.6. The number of anilines is 1. The number of carbonyl (C=O) groups excluding carboxylic acids is 1. The van der Waals surface area contributed by atoms with Gasteiger partial charge in [-0.15, -0.1) is 0 Å². The number of rotatable bonds is 3. The molecule has 0 saturated heterocycles. The number of hydrogen-bond acceptors (Lipinski definition) is 6. The molecular weight excluding hydrogens is 336 g/mol. The Labute approximate surface area is 149 Å². The summed E-state index contributed by atoms with van der Waals surface area (Å²) in [4.78, 5) is 27.2. The first-order valence-corrected chi connectivity index (χ1v) is 7.86. The highest BCUT2D eigenvalue weighted by molar-refractivity contribution is 6.07. The van der Waals surface area contributed by atoms with Gasteiger partial charge in [0.2, 0.25) is 0 Å². The Bertz CT molecular complexity index is 1000. The zero-order valence-electron chi connectivity index (χ0n) is 14.6. The number of benzene rings is 1. The molecule has 0 unspecified atom stereocenters. The molecule has 1 aromatic carbocycles. The van der Waals surface area contributed by atoms with Crippen molar-refractivity contribution in [2.45, 2.75) is 26.3 Å². The van der Waals surface area contributed by atoms with Crippen LogP contribution in [0.3, 0.4) is 0 Å². The summed E-state index contributed by atoms with van der Waals surface area (Å²) < 4.78 is 1.48. The van der Waals surface area contributed by atoms with Gasteiger partial charge in [-0.1, -0.05) is 0 Å². The first-order valence-electron chi connectivity index (χ1n) is 7.86. The number of nitrogens with zero attached hydrogens (tertiary/aromatic N) is 4. The first kappa shape index (κ1) is 17.3. The molecule has 0 fully saturated rings. The van der Waals surface area contributed by atoms with Gasteiger partial charge in [0.25, 0.3) is 11.6 Å². The molecule has 26 heavy (non-hydrogen) atoms. The van der Waals surface area contributed by atoms with Crippen LogP contribution in [0.15, 0.2) is 36.8 Å². The second kappa shape index (κ2) is 6.10. The van der Waals surface area contributed by atoms with Gasteiger partial charge in [-0.3, -0.25) is 14.9 Å². The molecule has 0 bridgehead atoms. The zero-order valence-corrected chi connectivity index (χ0v) is 14.6. The largest absolute Gasteiger partial charge is 0.382 e. The molecule has 134 valence electrons. The lowest BCUT2D eigenvalue weighted by Crippen LogP contribution is -2.40. The normalized spacial score (nSPS) is 11.5. The van der Waals surface area contributed by atoms with Crippen molar-refractivity contribution >= 4 is 22.9 Å². The predicted molar refractivity (Wildman–Crippen MR) is 96.7 cm³/mol. The Hall–Kier alpha value is -3.49. The van der Waals surface area contributed by atoms with Crippen molar-refractivity contribution in [3.8, 4) is 11.1 Å². The number of nitro groups is 1. The number of nitro benzene ring substituents is 1. The number of nitrogens with one attached hydrogen (secondary N) is 1. The molecule has 0 radical (unpaired) electrons. The highest BCUT2D eigenvalue weighted by Gasteiger charge is 2.24. The number of nitrogen functional groups attached to an aromatic ring is 1. The molecular formula is C17H18N6O3. The predicted octanol–water partition coefficient (Wildman–Crippen LogP) is 2.42. The summed E-state index contributed by atoms with van der Waals surface area (Å²) in [7, 11) is 0. The van der Waals surface area contributed by atoms with E-state index in [1.807, 2.05) is 20.8 Å². The molecule has 3 aromatic rings. The summed E-state index contributed by atoms with van der Waals surface area (Å²) in [6, 6.07) is 5.91. The fourth-order valence-electron chi connectivity index (χ4n) is 2.66. The molecule has 3 rings (SSSR count). The Balaban J connectivity index is 2.22. The smallest absolute Gasteiger partial charge is 0.269 e. The van der Waals surface area contributed by atoms with Crippen LogP contribution in [0, 0.1) is 10.1 Å². The van der Waals surface area contributed by atoms with Crippen LogP contribution in [0.2, 0.25) is 0 Å². The van der Waals surface area contributed by atoms with Gasteiger partial charge in [-0.05, 0) is 38.5 Å². The summed E-state index contributed by atoms with van der Waals surface area (Å²) in [6.07, 6.45) is 2.87. The van der Waals surface area contributed by atoms with E-state index in [9.17, 15) is 14.9 Å². The van der Waals surface area contributed by atoms with E-state index >= 15 is 0 Å². The number of nitrogens with two attached hydrogens (primary N) is 1. The maximum absolute atomic E-state index is 12.8. The van der Waals surface area contributed by atoms with Crippen molar-refractivity contribution in [2.24, 2.45) is 0 Å².